The monoisotopic (exact) mass is 375 g/mol. The molecule has 0 unspecified atom stereocenters. The van der Waals surface area contributed by atoms with Gasteiger partial charge in [-0.2, -0.15) is 0 Å². The highest BCUT2D eigenvalue weighted by molar-refractivity contribution is 5.75. The highest BCUT2D eigenvalue weighted by Crippen LogP contribution is 2.27. The summed E-state index contributed by atoms with van der Waals surface area (Å²) in [6, 6.07) is 12.2. The molecule has 1 aliphatic rings. The summed E-state index contributed by atoms with van der Waals surface area (Å²) in [4.78, 5) is 23.1. The third kappa shape index (κ3) is 3.91. The first-order valence-corrected chi connectivity index (χ1v) is 9.59. The molecule has 0 atom stereocenters. The quantitative estimate of drug-likeness (QED) is 0.745. The second-order valence-corrected chi connectivity index (χ2v) is 7.45. The number of hydrogen-bond acceptors (Lipinski definition) is 3. The zero-order chi connectivity index (χ0) is 19.5. The van der Waals surface area contributed by atoms with Gasteiger partial charge in [-0.25, -0.2) is 9.78 Å². The Bertz CT molecular complexity index is 943. The van der Waals surface area contributed by atoms with Crippen LogP contribution < -0.4 is 5.32 Å². The van der Waals surface area contributed by atoms with Crippen LogP contribution >= 0.6 is 0 Å². The van der Waals surface area contributed by atoms with Crippen LogP contribution in [0, 0.1) is 13.8 Å². The first-order chi connectivity index (χ1) is 13.6. The van der Waals surface area contributed by atoms with E-state index in [1.54, 1.807) is 6.20 Å². The summed E-state index contributed by atoms with van der Waals surface area (Å²) in [6.07, 6.45) is 5.57. The Kier molecular flexibility index (Phi) is 5.10. The molecule has 2 amide bonds. The second-order valence-electron chi connectivity index (χ2n) is 7.45. The summed E-state index contributed by atoms with van der Waals surface area (Å²) in [7, 11) is 0. The Morgan fingerprint density at radius 2 is 1.89 bits per heavy atom. The van der Waals surface area contributed by atoms with E-state index in [2.05, 4.69) is 51.9 Å². The van der Waals surface area contributed by atoms with E-state index in [9.17, 15) is 4.79 Å². The van der Waals surface area contributed by atoms with Crippen LogP contribution in [0.1, 0.15) is 34.1 Å². The zero-order valence-corrected chi connectivity index (χ0v) is 16.3. The molecule has 1 fully saturated rings. The highest BCUT2D eigenvalue weighted by atomic mass is 16.2. The molecule has 1 aromatic carbocycles. The molecule has 3 aromatic rings. The van der Waals surface area contributed by atoms with Crippen molar-refractivity contribution >= 4 is 6.03 Å². The van der Waals surface area contributed by atoms with Gasteiger partial charge in [-0.1, -0.05) is 35.9 Å². The van der Waals surface area contributed by atoms with Crippen LogP contribution in [0.4, 0.5) is 4.79 Å². The second kappa shape index (κ2) is 7.84. The van der Waals surface area contributed by atoms with Gasteiger partial charge in [-0.15, -0.1) is 0 Å². The number of aryl methyl sites for hydroxylation is 2. The minimum atomic E-state index is -0.0149. The fraction of sp³-hybridized carbons (Fsp3) is 0.318. The summed E-state index contributed by atoms with van der Waals surface area (Å²) in [5, 5.41) is 3.00. The molecule has 0 saturated carbocycles. The zero-order valence-electron chi connectivity index (χ0n) is 16.3. The SMILES string of the molecule is Cc1ccc(CNC(=O)N2CC(c3ncc(C)n3Cc3cccnc3)C2)cc1. The van der Waals surface area contributed by atoms with Crippen molar-refractivity contribution in [3.63, 3.8) is 0 Å². The molecule has 144 valence electrons. The lowest BCUT2D eigenvalue weighted by Crippen LogP contribution is -2.53. The number of aromatic nitrogens is 3. The molecule has 0 radical (unpaired) electrons. The van der Waals surface area contributed by atoms with Crippen molar-refractivity contribution in [3.8, 4) is 0 Å². The van der Waals surface area contributed by atoms with Crippen molar-refractivity contribution in [2.45, 2.75) is 32.9 Å². The number of urea groups is 1. The van der Waals surface area contributed by atoms with E-state index in [4.69, 9.17) is 0 Å². The maximum atomic E-state index is 12.4. The lowest BCUT2D eigenvalue weighted by Gasteiger charge is -2.39. The lowest BCUT2D eigenvalue weighted by molar-refractivity contribution is 0.147. The van der Waals surface area contributed by atoms with Crippen LogP contribution in [0.5, 0.6) is 0 Å². The Labute approximate surface area is 165 Å². The van der Waals surface area contributed by atoms with E-state index < -0.39 is 0 Å². The van der Waals surface area contributed by atoms with Gasteiger partial charge < -0.3 is 14.8 Å². The van der Waals surface area contributed by atoms with Gasteiger partial charge in [0, 0.05) is 43.9 Å². The minimum absolute atomic E-state index is 0.0149. The topological polar surface area (TPSA) is 63.1 Å². The predicted octanol–water partition coefficient (Wildman–Crippen LogP) is 3.25. The van der Waals surface area contributed by atoms with Gasteiger partial charge in [-0.05, 0) is 31.0 Å². The van der Waals surface area contributed by atoms with Crippen LogP contribution in [0.2, 0.25) is 0 Å². The fourth-order valence-electron chi connectivity index (χ4n) is 3.49. The van der Waals surface area contributed by atoms with Gasteiger partial charge in [0.1, 0.15) is 5.82 Å². The van der Waals surface area contributed by atoms with Crippen LogP contribution in [0.25, 0.3) is 0 Å². The number of benzene rings is 1. The van der Waals surface area contributed by atoms with Crippen molar-refractivity contribution in [1.29, 1.82) is 0 Å². The van der Waals surface area contributed by atoms with E-state index in [1.165, 1.54) is 5.56 Å². The first kappa shape index (κ1) is 18.2. The largest absolute Gasteiger partial charge is 0.334 e. The summed E-state index contributed by atoms with van der Waals surface area (Å²) in [5.74, 6) is 1.32. The van der Waals surface area contributed by atoms with E-state index in [0.29, 0.717) is 19.6 Å². The van der Waals surface area contributed by atoms with Gasteiger partial charge in [-0.3, -0.25) is 4.98 Å². The number of amides is 2. The van der Waals surface area contributed by atoms with E-state index in [-0.39, 0.29) is 11.9 Å². The van der Waals surface area contributed by atoms with Crippen molar-refractivity contribution in [3.05, 3.63) is 83.2 Å². The van der Waals surface area contributed by atoms with Crippen LogP contribution in [-0.2, 0) is 13.1 Å². The molecule has 1 aliphatic heterocycles. The number of imidazole rings is 1. The van der Waals surface area contributed by atoms with Gasteiger partial charge in [0.2, 0.25) is 0 Å². The fourth-order valence-corrected chi connectivity index (χ4v) is 3.49. The Morgan fingerprint density at radius 1 is 1.11 bits per heavy atom. The van der Waals surface area contributed by atoms with Gasteiger partial charge in [0.25, 0.3) is 0 Å². The van der Waals surface area contributed by atoms with Gasteiger partial charge in [0.05, 0.1) is 12.5 Å². The first-order valence-electron chi connectivity index (χ1n) is 9.59. The molecule has 6 heteroatoms. The molecule has 0 bridgehead atoms. The van der Waals surface area contributed by atoms with Crippen LogP contribution in [0.3, 0.4) is 0 Å². The predicted molar refractivity (Wildman–Crippen MR) is 108 cm³/mol. The average Bonchev–Trinajstić information content (AvgIpc) is 3.01. The summed E-state index contributed by atoms with van der Waals surface area (Å²) in [6.45, 7) is 6.83. The Morgan fingerprint density at radius 3 is 2.61 bits per heavy atom. The molecule has 1 N–H and O–H groups in total. The third-order valence-electron chi connectivity index (χ3n) is 5.25. The van der Waals surface area contributed by atoms with E-state index >= 15 is 0 Å². The average molecular weight is 375 g/mol. The van der Waals surface area contributed by atoms with E-state index in [0.717, 1.165) is 29.2 Å². The normalized spacial score (nSPS) is 14.0. The van der Waals surface area contributed by atoms with Crippen LogP contribution in [-0.4, -0.2) is 38.6 Å². The number of carbonyl (C=O) groups excluding carboxylic acids is 1. The van der Waals surface area contributed by atoms with Crippen molar-refractivity contribution in [2.24, 2.45) is 0 Å². The Balaban J connectivity index is 1.33. The summed E-state index contributed by atoms with van der Waals surface area (Å²) >= 11 is 0. The highest BCUT2D eigenvalue weighted by Gasteiger charge is 2.34. The number of carbonyl (C=O) groups is 1. The maximum absolute atomic E-state index is 12.4. The minimum Gasteiger partial charge on any atom is -0.334 e. The van der Waals surface area contributed by atoms with Crippen molar-refractivity contribution in [2.75, 3.05) is 13.1 Å². The molecule has 3 heterocycles. The lowest BCUT2D eigenvalue weighted by atomic mass is 9.99. The molecule has 0 spiro atoms. The van der Waals surface area contributed by atoms with Gasteiger partial charge in [0.15, 0.2) is 0 Å². The molecular formula is C22H25N5O. The summed E-state index contributed by atoms with van der Waals surface area (Å²) < 4.78 is 2.23. The molecule has 1 saturated heterocycles. The molecule has 0 aliphatic carbocycles. The molecular weight excluding hydrogens is 350 g/mol. The van der Waals surface area contributed by atoms with E-state index in [1.807, 2.05) is 35.5 Å². The number of likely N-dealkylation sites (tertiary alicyclic amines) is 1. The summed E-state index contributed by atoms with van der Waals surface area (Å²) in [5.41, 5.74) is 4.61. The number of hydrogen-bond donors (Lipinski definition) is 1. The smallest absolute Gasteiger partial charge is 0.317 e. The Hall–Kier alpha value is -3.15. The number of rotatable bonds is 5. The molecule has 4 rings (SSSR count). The third-order valence-corrected chi connectivity index (χ3v) is 5.25. The molecule has 6 nitrogen and oxygen atoms in total. The number of nitrogens with one attached hydrogen (secondary N) is 1. The van der Waals surface area contributed by atoms with Crippen molar-refractivity contribution in [1.82, 2.24) is 24.8 Å². The van der Waals surface area contributed by atoms with Crippen molar-refractivity contribution < 1.29 is 4.79 Å². The number of nitrogens with zero attached hydrogens (tertiary/aromatic N) is 4. The van der Waals surface area contributed by atoms with Crippen LogP contribution in [0.15, 0.2) is 55.0 Å². The van der Waals surface area contributed by atoms with Gasteiger partial charge >= 0.3 is 6.03 Å². The molecule has 28 heavy (non-hydrogen) atoms. The molecule has 2 aromatic heterocycles. The standard InChI is InChI=1S/C22H25N5O/c1-16-5-7-18(8-6-16)12-25-22(28)26-14-20(15-26)21-24-10-17(2)27(21)13-19-4-3-9-23-11-19/h3-11,20H,12-15H2,1-2H3,(H,25,28). The maximum Gasteiger partial charge on any atom is 0.317 e. The number of pyridine rings is 1.